The highest BCUT2D eigenvalue weighted by Gasteiger charge is 2.20. The van der Waals surface area contributed by atoms with Gasteiger partial charge in [0.25, 0.3) is 0 Å². The van der Waals surface area contributed by atoms with Crippen molar-refractivity contribution in [2.75, 3.05) is 0 Å². The van der Waals surface area contributed by atoms with Crippen LogP contribution >= 0.6 is 0 Å². The first kappa shape index (κ1) is 12.5. The molecule has 0 aromatic carbocycles. The van der Waals surface area contributed by atoms with E-state index in [-0.39, 0.29) is 0 Å². The van der Waals surface area contributed by atoms with Crippen LogP contribution < -0.4 is 5.32 Å². The maximum atomic E-state index is 4.48. The van der Waals surface area contributed by atoms with Gasteiger partial charge in [0.05, 0.1) is 18.6 Å². The van der Waals surface area contributed by atoms with Crippen LogP contribution in [0.2, 0.25) is 0 Å². The number of aromatic amines is 1. The molecule has 4 rings (SSSR count). The number of nitrogens with zero attached hydrogens (tertiary/aromatic N) is 5. The Kier molecular flexibility index (Phi) is 2.92. The Balaban J connectivity index is 1.43. The topological polar surface area (TPSA) is 84.3 Å². The first-order chi connectivity index (χ1) is 10.3. The van der Waals surface area contributed by atoms with Crippen LogP contribution in [-0.2, 0) is 19.5 Å². The number of fused-ring (bicyclic) bond motifs is 2. The molecule has 108 valence electrons. The van der Waals surface area contributed by atoms with Gasteiger partial charge in [-0.25, -0.2) is 19.6 Å². The van der Waals surface area contributed by atoms with Crippen molar-refractivity contribution in [3.05, 3.63) is 35.8 Å². The molecule has 0 bridgehead atoms. The van der Waals surface area contributed by atoms with E-state index >= 15 is 0 Å². The van der Waals surface area contributed by atoms with E-state index in [0.29, 0.717) is 12.6 Å². The predicted octanol–water partition coefficient (Wildman–Crippen LogP) is 0.962. The largest absolute Gasteiger partial charge is 0.340 e. The van der Waals surface area contributed by atoms with Gasteiger partial charge >= 0.3 is 0 Å². The maximum Gasteiger partial charge on any atom is 0.177 e. The molecule has 4 heterocycles. The molecule has 0 amide bonds. The molecular formula is C14H17N7. The molecule has 7 heteroatoms. The predicted molar refractivity (Wildman–Crippen MR) is 77.6 cm³/mol. The van der Waals surface area contributed by atoms with E-state index in [4.69, 9.17) is 0 Å². The standard InChI is InChI=1S/C14H17N7/c1-9-17-13-5-4-10(8-21(13)20-9)16-7-12-18-11-3-2-6-15-14(11)19-12/h2-3,6,10,16H,4-5,7-8H2,1H3,(H,15,18,19). The lowest BCUT2D eigenvalue weighted by Gasteiger charge is -2.23. The summed E-state index contributed by atoms with van der Waals surface area (Å²) in [4.78, 5) is 16.4. The second-order valence-corrected chi connectivity index (χ2v) is 5.43. The van der Waals surface area contributed by atoms with Crippen LogP contribution in [0.3, 0.4) is 0 Å². The maximum absolute atomic E-state index is 4.48. The summed E-state index contributed by atoms with van der Waals surface area (Å²) in [7, 11) is 0. The lowest BCUT2D eigenvalue weighted by atomic mass is 10.1. The van der Waals surface area contributed by atoms with Crippen LogP contribution in [0.1, 0.15) is 23.9 Å². The number of pyridine rings is 1. The average Bonchev–Trinajstić information content (AvgIpc) is 3.06. The van der Waals surface area contributed by atoms with Crippen LogP contribution in [0.25, 0.3) is 11.2 Å². The van der Waals surface area contributed by atoms with Crippen molar-refractivity contribution < 1.29 is 0 Å². The van der Waals surface area contributed by atoms with Crippen LogP contribution in [-0.4, -0.2) is 35.8 Å². The number of imidazole rings is 1. The Bertz CT molecular complexity index is 740. The van der Waals surface area contributed by atoms with Crippen LogP contribution in [0.15, 0.2) is 18.3 Å². The number of aromatic nitrogens is 6. The van der Waals surface area contributed by atoms with Crippen molar-refractivity contribution in [2.24, 2.45) is 0 Å². The third-order valence-corrected chi connectivity index (χ3v) is 3.83. The second-order valence-electron chi connectivity index (χ2n) is 5.43. The number of hydrogen-bond acceptors (Lipinski definition) is 5. The zero-order chi connectivity index (χ0) is 14.2. The molecule has 1 aliphatic rings. The fraction of sp³-hybridized carbons (Fsp3) is 0.429. The Labute approximate surface area is 121 Å². The van der Waals surface area contributed by atoms with Crippen molar-refractivity contribution in [1.82, 2.24) is 35.0 Å². The molecule has 7 nitrogen and oxygen atoms in total. The molecule has 0 saturated carbocycles. The third-order valence-electron chi connectivity index (χ3n) is 3.83. The van der Waals surface area contributed by atoms with Crippen LogP contribution in [0.5, 0.6) is 0 Å². The van der Waals surface area contributed by atoms with Crippen molar-refractivity contribution in [3.63, 3.8) is 0 Å². The Morgan fingerprint density at radius 3 is 3.29 bits per heavy atom. The normalized spacial score (nSPS) is 18.0. The van der Waals surface area contributed by atoms with E-state index < -0.39 is 0 Å². The average molecular weight is 283 g/mol. The lowest BCUT2D eigenvalue weighted by Crippen LogP contribution is -2.37. The summed E-state index contributed by atoms with van der Waals surface area (Å²) in [6.07, 6.45) is 3.81. The van der Waals surface area contributed by atoms with Crippen molar-refractivity contribution >= 4 is 11.2 Å². The second kappa shape index (κ2) is 4.92. The van der Waals surface area contributed by atoms with Gasteiger partial charge in [-0.15, -0.1) is 0 Å². The quantitative estimate of drug-likeness (QED) is 0.748. The molecule has 2 N–H and O–H groups in total. The van der Waals surface area contributed by atoms with E-state index in [2.05, 4.69) is 30.4 Å². The molecule has 0 fully saturated rings. The van der Waals surface area contributed by atoms with E-state index in [1.807, 2.05) is 23.7 Å². The highest BCUT2D eigenvalue weighted by Crippen LogP contribution is 2.13. The van der Waals surface area contributed by atoms with Gasteiger partial charge in [-0.2, -0.15) is 5.10 Å². The molecule has 1 aliphatic heterocycles. The molecule has 1 unspecified atom stereocenters. The lowest BCUT2D eigenvalue weighted by molar-refractivity contribution is 0.355. The zero-order valence-electron chi connectivity index (χ0n) is 11.9. The zero-order valence-corrected chi connectivity index (χ0v) is 11.9. The first-order valence-electron chi connectivity index (χ1n) is 7.21. The molecule has 1 atom stereocenters. The Hall–Kier alpha value is -2.28. The highest BCUT2D eigenvalue weighted by atomic mass is 15.4. The number of hydrogen-bond donors (Lipinski definition) is 2. The first-order valence-corrected chi connectivity index (χ1v) is 7.21. The van der Waals surface area contributed by atoms with Gasteiger partial charge in [-0.05, 0) is 25.5 Å². The summed E-state index contributed by atoms with van der Waals surface area (Å²) >= 11 is 0. The number of H-pyrrole nitrogens is 1. The van der Waals surface area contributed by atoms with Crippen molar-refractivity contribution in [1.29, 1.82) is 0 Å². The van der Waals surface area contributed by atoms with Gasteiger partial charge in [0.1, 0.15) is 17.5 Å². The summed E-state index contributed by atoms with van der Waals surface area (Å²) in [6.45, 7) is 3.52. The number of nitrogens with one attached hydrogen (secondary N) is 2. The van der Waals surface area contributed by atoms with E-state index in [0.717, 1.165) is 48.0 Å². The minimum absolute atomic E-state index is 0.403. The number of aryl methyl sites for hydroxylation is 2. The summed E-state index contributed by atoms with van der Waals surface area (Å²) in [5.41, 5.74) is 1.75. The van der Waals surface area contributed by atoms with Gasteiger partial charge in [-0.1, -0.05) is 0 Å². The van der Waals surface area contributed by atoms with Gasteiger partial charge in [-0.3, -0.25) is 0 Å². The van der Waals surface area contributed by atoms with E-state index in [1.165, 1.54) is 0 Å². The van der Waals surface area contributed by atoms with E-state index in [1.54, 1.807) is 6.20 Å². The van der Waals surface area contributed by atoms with Gasteiger partial charge in [0, 0.05) is 18.7 Å². The highest BCUT2D eigenvalue weighted by molar-refractivity contribution is 5.69. The molecule has 0 saturated heterocycles. The summed E-state index contributed by atoms with van der Waals surface area (Å²) in [6, 6.07) is 4.30. The molecular weight excluding hydrogens is 266 g/mol. The van der Waals surface area contributed by atoms with Crippen LogP contribution in [0, 0.1) is 6.92 Å². The molecule has 21 heavy (non-hydrogen) atoms. The van der Waals surface area contributed by atoms with Crippen molar-refractivity contribution in [2.45, 2.75) is 38.9 Å². The molecule has 3 aromatic rings. The van der Waals surface area contributed by atoms with E-state index in [9.17, 15) is 0 Å². The van der Waals surface area contributed by atoms with Crippen molar-refractivity contribution in [3.8, 4) is 0 Å². The smallest absolute Gasteiger partial charge is 0.177 e. The van der Waals surface area contributed by atoms with Gasteiger partial charge in [0.2, 0.25) is 0 Å². The van der Waals surface area contributed by atoms with Crippen LogP contribution in [0.4, 0.5) is 0 Å². The van der Waals surface area contributed by atoms with Gasteiger partial charge < -0.3 is 10.3 Å². The SMILES string of the molecule is Cc1nc2n(n1)CC(NCc1nc3ncccc3[nH]1)CC2. The molecule has 0 spiro atoms. The Morgan fingerprint density at radius 2 is 2.38 bits per heavy atom. The summed E-state index contributed by atoms with van der Waals surface area (Å²) < 4.78 is 2.01. The monoisotopic (exact) mass is 283 g/mol. The third kappa shape index (κ3) is 2.40. The molecule has 0 aliphatic carbocycles. The summed E-state index contributed by atoms with van der Waals surface area (Å²) in [5.74, 6) is 2.87. The fourth-order valence-corrected chi connectivity index (χ4v) is 2.82. The molecule has 3 aromatic heterocycles. The Morgan fingerprint density at radius 1 is 1.43 bits per heavy atom. The minimum atomic E-state index is 0.403. The summed E-state index contributed by atoms with van der Waals surface area (Å²) in [5, 5.41) is 7.96. The fourth-order valence-electron chi connectivity index (χ4n) is 2.82. The van der Waals surface area contributed by atoms with Gasteiger partial charge in [0.15, 0.2) is 5.65 Å². The molecule has 0 radical (unpaired) electrons. The minimum Gasteiger partial charge on any atom is -0.340 e. The number of rotatable bonds is 3.